The van der Waals surface area contributed by atoms with E-state index in [1.165, 1.54) is 50.6 Å². The lowest BCUT2D eigenvalue weighted by atomic mass is 10.1. The van der Waals surface area contributed by atoms with E-state index in [1.54, 1.807) is 36.4 Å². The molecule has 0 heterocycles. The predicted octanol–water partition coefficient (Wildman–Crippen LogP) is 4.57. The molecular weight excluding hydrogens is 536 g/mol. The van der Waals surface area contributed by atoms with Gasteiger partial charge in [-0.3, -0.25) is 0 Å². The summed E-state index contributed by atoms with van der Waals surface area (Å²) in [6.07, 6.45) is 4.51. The number of rotatable bonds is 14. The summed E-state index contributed by atoms with van der Waals surface area (Å²) < 4.78 is 79.9. The average molecular weight is 563 g/mol. The molecule has 3 rings (SSSR count). The third-order valence-corrected chi connectivity index (χ3v) is 6.38. The lowest BCUT2D eigenvalue weighted by Crippen LogP contribution is -2.18. The second kappa shape index (κ2) is 12.4. The summed E-state index contributed by atoms with van der Waals surface area (Å²) in [6, 6.07) is 14.1. The maximum atomic E-state index is 12.4. The molecule has 0 fully saturated rings. The normalized spacial score (nSPS) is 11.2. The van der Waals surface area contributed by atoms with Gasteiger partial charge in [-0.15, -0.1) is 30.0 Å². The van der Waals surface area contributed by atoms with Crippen molar-refractivity contribution in [2.24, 2.45) is 0 Å². The van der Waals surface area contributed by atoms with Gasteiger partial charge in [-0.05, 0) is 72.5 Å². The summed E-state index contributed by atoms with van der Waals surface area (Å²) in [6.45, 7) is 7.31. The standard InChI is InChI=1S/C26H26O10S2/c1-5-7-19-9-15-23(25(17-19)31-3)35-37(27,28)33-21-11-13-22(14-12-21)34-38(29,30)36-24-16-10-20(8-6-2)18-26(24)32-4/h5-6,9-18H,1-2,7-8H2,3-4H3. The molecule has 202 valence electrons. The van der Waals surface area contributed by atoms with Crippen LogP contribution in [0.4, 0.5) is 0 Å². The topological polar surface area (TPSA) is 124 Å². The number of hydrogen-bond donors (Lipinski definition) is 0. The third kappa shape index (κ3) is 7.92. The molecule has 0 saturated carbocycles. The molecule has 38 heavy (non-hydrogen) atoms. The number of methoxy groups -OCH3 is 2. The van der Waals surface area contributed by atoms with Gasteiger partial charge in [-0.2, -0.15) is 0 Å². The van der Waals surface area contributed by atoms with Crippen LogP contribution >= 0.6 is 0 Å². The Labute approximate surface area is 222 Å². The first-order valence-corrected chi connectivity index (χ1v) is 13.7. The van der Waals surface area contributed by atoms with Gasteiger partial charge in [-0.1, -0.05) is 24.3 Å². The van der Waals surface area contributed by atoms with Crippen molar-refractivity contribution in [1.29, 1.82) is 0 Å². The van der Waals surface area contributed by atoms with Crippen molar-refractivity contribution in [3.8, 4) is 34.5 Å². The van der Waals surface area contributed by atoms with Crippen LogP contribution in [0.15, 0.2) is 86.0 Å². The van der Waals surface area contributed by atoms with E-state index in [9.17, 15) is 16.8 Å². The van der Waals surface area contributed by atoms with Crippen LogP contribution in [-0.4, -0.2) is 31.1 Å². The highest BCUT2D eigenvalue weighted by molar-refractivity contribution is 7.82. The van der Waals surface area contributed by atoms with Crippen LogP contribution in [0.1, 0.15) is 11.1 Å². The van der Waals surface area contributed by atoms with Crippen LogP contribution in [0.3, 0.4) is 0 Å². The Hall–Kier alpha value is -4.16. The highest BCUT2D eigenvalue weighted by Gasteiger charge is 2.21. The first-order chi connectivity index (χ1) is 18.1. The largest absolute Gasteiger partial charge is 0.501 e. The zero-order valence-electron chi connectivity index (χ0n) is 20.7. The van der Waals surface area contributed by atoms with Gasteiger partial charge in [0.25, 0.3) is 0 Å². The van der Waals surface area contributed by atoms with Crippen molar-refractivity contribution in [3.63, 3.8) is 0 Å². The van der Waals surface area contributed by atoms with E-state index in [0.717, 1.165) is 11.1 Å². The molecule has 0 spiro atoms. The molecule has 0 aliphatic heterocycles. The van der Waals surface area contributed by atoms with Crippen LogP contribution in [0.5, 0.6) is 34.5 Å². The van der Waals surface area contributed by atoms with Crippen molar-refractivity contribution < 1.29 is 43.0 Å². The van der Waals surface area contributed by atoms with Gasteiger partial charge in [0.1, 0.15) is 11.5 Å². The Morgan fingerprint density at radius 3 is 1.26 bits per heavy atom. The summed E-state index contributed by atoms with van der Waals surface area (Å²) in [7, 11) is -6.36. The van der Waals surface area contributed by atoms with Gasteiger partial charge in [0.05, 0.1) is 14.2 Å². The maximum Gasteiger partial charge on any atom is 0.501 e. The minimum Gasteiger partial charge on any atom is -0.493 e. The number of benzene rings is 3. The third-order valence-electron chi connectivity index (χ3n) is 4.82. The second-order valence-corrected chi connectivity index (χ2v) is 9.88. The monoisotopic (exact) mass is 562 g/mol. The molecule has 0 aromatic heterocycles. The molecule has 3 aromatic rings. The number of hydrogen-bond acceptors (Lipinski definition) is 10. The quantitative estimate of drug-likeness (QED) is 0.258. The van der Waals surface area contributed by atoms with E-state index in [4.69, 9.17) is 26.2 Å². The van der Waals surface area contributed by atoms with E-state index in [2.05, 4.69) is 13.2 Å². The van der Waals surface area contributed by atoms with Crippen molar-refractivity contribution in [1.82, 2.24) is 0 Å². The smallest absolute Gasteiger partial charge is 0.493 e. The second-order valence-electron chi connectivity index (χ2n) is 7.58. The van der Waals surface area contributed by atoms with E-state index < -0.39 is 20.8 Å². The van der Waals surface area contributed by atoms with Crippen molar-refractivity contribution in [2.45, 2.75) is 12.8 Å². The Morgan fingerprint density at radius 1 is 0.579 bits per heavy atom. The fourth-order valence-corrected chi connectivity index (χ4v) is 4.67. The lowest BCUT2D eigenvalue weighted by molar-refractivity contribution is 0.361. The first-order valence-electron chi connectivity index (χ1n) is 11.0. The van der Waals surface area contributed by atoms with Crippen molar-refractivity contribution >= 4 is 20.8 Å². The minimum atomic E-state index is -4.55. The molecule has 10 nitrogen and oxygen atoms in total. The van der Waals surface area contributed by atoms with E-state index in [-0.39, 0.29) is 34.5 Å². The highest BCUT2D eigenvalue weighted by atomic mass is 32.3. The molecule has 0 amide bonds. The summed E-state index contributed by atoms with van der Waals surface area (Å²) in [4.78, 5) is 0. The predicted molar refractivity (Wildman–Crippen MR) is 141 cm³/mol. The van der Waals surface area contributed by atoms with E-state index in [1.807, 2.05) is 0 Å². The first kappa shape index (κ1) is 28.4. The summed E-state index contributed by atoms with van der Waals surface area (Å²) in [5.74, 6) is -0.0717. The van der Waals surface area contributed by atoms with Gasteiger partial charge in [0.2, 0.25) is 0 Å². The molecule has 0 aliphatic carbocycles. The maximum absolute atomic E-state index is 12.4. The van der Waals surface area contributed by atoms with E-state index in [0.29, 0.717) is 12.8 Å². The summed E-state index contributed by atoms with van der Waals surface area (Å²) in [5, 5.41) is 0. The highest BCUT2D eigenvalue weighted by Crippen LogP contribution is 2.32. The molecule has 0 unspecified atom stereocenters. The minimum absolute atomic E-state index is 0.0727. The molecular formula is C26H26O10S2. The van der Waals surface area contributed by atoms with Crippen molar-refractivity contribution in [3.05, 3.63) is 97.1 Å². The van der Waals surface area contributed by atoms with Gasteiger partial charge in [0.15, 0.2) is 23.0 Å². The van der Waals surface area contributed by atoms with Gasteiger partial charge < -0.3 is 26.2 Å². The van der Waals surface area contributed by atoms with Crippen LogP contribution in [0.25, 0.3) is 0 Å². The van der Waals surface area contributed by atoms with Crippen LogP contribution in [-0.2, 0) is 33.6 Å². The molecule has 0 saturated heterocycles. The lowest BCUT2D eigenvalue weighted by Gasteiger charge is -2.13. The Balaban J connectivity index is 1.67. The van der Waals surface area contributed by atoms with Gasteiger partial charge >= 0.3 is 20.8 Å². The Kier molecular flexibility index (Phi) is 9.26. The Morgan fingerprint density at radius 2 is 0.947 bits per heavy atom. The zero-order chi connectivity index (χ0) is 27.8. The number of allylic oxidation sites excluding steroid dienone is 2. The Bertz CT molecular complexity index is 1380. The average Bonchev–Trinajstić information content (AvgIpc) is 2.86. The molecule has 0 atom stereocenters. The molecule has 3 aromatic carbocycles. The fourth-order valence-electron chi connectivity index (χ4n) is 3.19. The molecule has 0 bridgehead atoms. The number of ether oxygens (including phenoxy) is 2. The van der Waals surface area contributed by atoms with Crippen molar-refractivity contribution in [2.75, 3.05) is 14.2 Å². The fraction of sp³-hybridized carbons (Fsp3) is 0.154. The molecule has 12 heteroatoms. The van der Waals surface area contributed by atoms with Crippen LogP contribution in [0, 0.1) is 0 Å². The summed E-state index contributed by atoms with van der Waals surface area (Å²) in [5.41, 5.74) is 1.69. The molecule has 0 radical (unpaired) electrons. The van der Waals surface area contributed by atoms with Gasteiger partial charge in [-0.25, -0.2) is 0 Å². The van der Waals surface area contributed by atoms with E-state index >= 15 is 0 Å². The van der Waals surface area contributed by atoms with Gasteiger partial charge in [0, 0.05) is 0 Å². The molecule has 0 aliphatic rings. The summed E-state index contributed by atoms with van der Waals surface area (Å²) >= 11 is 0. The molecule has 0 N–H and O–H groups in total. The van der Waals surface area contributed by atoms with Crippen LogP contribution in [0.2, 0.25) is 0 Å². The SMILES string of the molecule is C=CCc1ccc(OS(=O)(=O)Oc2ccc(OS(=O)(=O)Oc3ccc(CC=C)cc3OC)cc2)c(OC)c1. The van der Waals surface area contributed by atoms with Crippen LogP contribution < -0.4 is 26.2 Å². The zero-order valence-corrected chi connectivity index (χ0v) is 22.3.